The zero-order chi connectivity index (χ0) is 21.1. The van der Waals surface area contributed by atoms with Crippen LogP contribution < -0.4 is 16.0 Å². The van der Waals surface area contributed by atoms with Gasteiger partial charge in [0.1, 0.15) is 11.6 Å². The number of aromatic nitrogens is 3. The fraction of sp³-hybridized carbons (Fsp3) is 0.609. The first-order valence-electron chi connectivity index (χ1n) is 11.2. The van der Waals surface area contributed by atoms with Crippen molar-refractivity contribution in [3.05, 3.63) is 35.7 Å². The van der Waals surface area contributed by atoms with Crippen molar-refractivity contribution in [3.63, 3.8) is 0 Å². The number of methoxy groups -OCH3 is 1. The van der Waals surface area contributed by atoms with Gasteiger partial charge >= 0.3 is 0 Å². The van der Waals surface area contributed by atoms with Crippen LogP contribution >= 0.6 is 0 Å². The molecule has 1 aliphatic carbocycles. The van der Waals surface area contributed by atoms with Gasteiger partial charge in [-0.1, -0.05) is 19.4 Å². The largest absolute Gasteiger partial charge is 0.379 e. The first-order valence-corrected chi connectivity index (χ1v) is 11.2. The number of rotatable bonds is 7. The van der Waals surface area contributed by atoms with Crippen molar-refractivity contribution in [2.75, 3.05) is 36.1 Å². The number of nitrogens with one attached hydrogen (secondary N) is 1. The van der Waals surface area contributed by atoms with Crippen LogP contribution in [0.5, 0.6) is 0 Å². The van der Waals surface area contributed by atoms with Crippen molar-refractivity contribution >= 4 is 17.6 Å². The highest BCUT2D eigenvalue weighted by atomic mass is 16.5. The van der Waals surface area contributed by atoms with Crippen molar-refractivity contribution in [1.82, 2.24) is 15.0 Å². The Morgan fingerprint density at radius 2 is 2.00 bits per heavy atom. The minimum absolute atomic E-state index is 0.185. The number of hydrogen-bond acceptors (Lipinski definition) is 7. The number of aryl methyl sites for hydroxylation is 1. The number of nitrogens with two attached hydrogens (primary N) is 1. The number of nitrogen functional groups attached to an aromatic ring is 1. The standard InChI is InChI=1S/C23H34N6O/c1-4-5-8-18-15(2)26-23(24)28-22(18)29-13-16-11-19(20(30-3)12-17(16)14-29)27-21-9-6-7-10-25-21/h6-7,9-10,16-17,19-20H,4-5,8,11-14H2,1-3H3,(H,25,27)(H2,24,26,28)/t16-,17+,19-,20-/m1/s1. The van der Waals surface area contributed by atoms with Crippen LogP contribution in [0.1, 0.15) is 43.9 Å². The summed E-state index contributed by atoms with van der Waals surface area (Å²) in [6.45, 7) is 6.30. The van der Waals surface area contributed by atoms with E-state index in [-0.39, 0.29) is 12.1 Å². The molecule has 3 N–H and O–H groups in total. The van der Waals surface area contributed by atoms with Gasteiger partial charge in [0, 0.05) is 37.7 Å². The van der Waals surface area contributed by atoms with Crippen molar-refractivity contribution in [3.8, 4) is 0 Å². The summed E-state index contributed by atoms with van der Waals surface area (Å²) in [5.41, 5.74) is 8.32. The maximum atomic E-state index is 6.04. The van der Waals surface area contributed by atoms with E-state index in [1.165, 1.54) is 5.56 Å². The molecule has 0 unspecified atom stereocenters. The molecule has 1 aliphatic heterocycles. The molecular weight excluding hydrogens is 376 g/mol. The van der Waals surface area contributed by atoms with Gasteiger partial charge in [-0.3, -0.25) is 0 Å². The van der Waals surface area contributed by atoms with Crippen LogP contribution in [0.3, 0.4) is 0 Å². The lowest BCUT2D eigenvalue weighted by Crippen LogP contribution is -2.44. The second-order valence-corrected chi connectivity index (χ2v) is 8.71. The van der Waals surface area contributed by atoms with E-state index in [1.54, 1.807) is 0 Å². The number of ether oxygens (including phenoxy) is 1. The Hall–Kier alpha value is -2.41. The molecule has 2 aliphatic rings. The Labute approximate surface area is 179 Å². The molecule has 30 heavy (non-hydrogen) atoms. The molecular formula is C23H34N6O. The average Bonchev–Trinajstić information content (AvgIpc) is 3.15. The van der Waals surface area contributed by atoms with Crippen molar-refractivity contribution in [2.45, 2.75) is 58.1 Å². The normalized spacial score (nSPS) is 25.9. The number of unbranched alkanes of at least 4 members (excludes halogenated alkanes) is 1. The van der Waals surface area contributed by atoms with E-state index in [2.05, 4.69) is 39.0 Å². The van der Waals surface area contributed by atoms with E-state index in [9.17, 15) is 0 Å². The Balaban J connectivity index is 1.52. The van der Waals surface area contributed by atoms with Crippen LogP contribution in [-0.4, -0.2) is 47.3 Å². The quantitative estimate of drug-likeness (QED) is 0.723. The molecule has 4 rings (SSSR count). The Morgan fingerprint density at radius 3 is 2.70 bits per heavy atom. The molecule has 4 atom stereocenters. The molecule has 3 heterocycles. The molecule has 2 aromatic heterocycles. The van der Waals surface area contributed by atoms with Crippen molar-refractivity contribution < 1.29 is 4.74 Å². The maximum Gasteiger partial charge on any atom is 0.222 e. The van der Waals surface area contributed by atoms with Crippen LogP contribution in [0.25, 0.3) is 0 Å². The number of hydrogen-bond donors (Lipinski definition) is 2. The lowest BCUT2D eigenvalue weighted by atomic mass is 9.77. The van der Waals surface area contributed by atoms with Crippen LogP contribution in [-0.2, 0) is 11.2 Å². The molecule has 0 amide bonds. The van der Waals surface area contributed by atoms with Gasteiger partial charge in [0.15, 0.2) is 0 Å². The van der Waals surface area contributed by atoms with Gasteiger partial charge in [0.2, 0.25) is 5.95 Å². The highest BCUT2D eigenvalue weighted by Gasteiger charge is 2.43. The summed E-state index contributed by atoms with van der Waals surface area (Å²) < 4.78 is 5.89. The number of nitrogens with zero attached hydrogens (tertiary/aromatic N) is 4. The predicted molar refractivity (Wildman–Crippen MR) is 121 cm³/mol. The van der Waals surface area contributed by atoms with Gasteiger partial charge in [-0.15, -0.1) is 0 Å². The summed E-state index contributed by atoms with van der Waals surface area (Å²) in [5, 5.41) is 3.61. The molecule has 0 spiro atoms. The van der Waals surface area contributed by atoms with E-state index in [0.29, 0.717) is 17.8 Å². The zero-order valence-corrected chi connectivity index (χ0v) is 18.3. The highest BCUT2D eigenvalue weighted by Crippen LogP contribution is 2.40. The average molecular weight is 411 g/mol. The van der Waals surface area contributed by atoms with Crippen LogP contribution in [0.4, 0.5) is 17.6 Å². The monoisotopic (exact) mass is 410 g/mol. The van der Waals surface area contributed by atoms with Crippen molar-refractivity contribution in [2.24, 2.45) is 11.8 Å². The van der Waals surface area contributed by atoms with E-state index in [4.69, 9.17) is 10.5 Å². The summed E-state index contributed by atoms with van der Waals surface area (Å²) in [7, 11) is 1.82. The number of pyridine rings is 1. The fourth-order valence-corrected chi connectivity index (χ4v) is 5.15. The van der Waals surface area contributed by atoms with E-state index >= 15 is 0 Å². The topological polar surface area (TPSA) is 89.2 Å². The van der Waals surface area contributed by atoms with Crippen LogP contribution in [0.15, 0.2) is 24.4 Å². The van der Waals surface area contributed by atoms with Gasteiger partial charge in [0.05, 0.1) is 12.1 Å². The molecule has 7 nitrogen and oxygen atoms in total. The Bertz CT molecular complexity index is 845. The van der Waals surface area contributed by atoms with Gasteiger partial charge in [-0.2, -0.15) is 4.98 Å². The third-order valence-electron chi connectivity index (χ3n) is 6.71. The van der Waals surface area contributed by atoms with Gasteiger partial charge in [0.25, 0.3) is 0 Å². The molecule has 0 radical (unpaired) electrons. The molecule has 0 bridgehead atoms. The molecule has 2 fully saturated rings. The minimum Gasteiger partial charge on any atom is -0.379 e. The zero-order valence-electron chi connectivity index (χ0n) is 18.3. The highest BCUT2D eigenvalue weighted by molar-refractivity contribution is 5.53. The Kier molecular flexibility index (Phi) is 6.37. The lowest BCUT2D eigenvalue weighted by Gasteiger charge is -2.37. The lowest BCUT2D eigenvalue weighted by molar-refractivity contribution is 0.0305. The van der Waals surface area contributed by atoms with E-state index in [0.717, 1.165) is 62.5 Å². The first kappa shape index (κ1) is 20.8. The summed E-state index contributed by atoms with van der Waals surface area (Å²) in [5.74, 6) is 3.55. The third-order valence-corrected chi connectivity index (χ3v) is 6.71. The van der Waals surface area contributed by atoms with Crippen LogP contribution in [0.2, 0.25) is 0 Å². The fourth-order valence-electron chi connectivity index (χ4n) is 5.15. The summed E-state index contributed by atoms with van der Waals surface area (Å²) in [6, 6.07) is 6.24. The summed E-state index contributed by atoms with van der Waals surface area (Å²) in [4.78, 5) is 16.0. The smallest absolute Gasteiger partial charge is 0.222 e. The second kappa shape index (κ2) is 9.16. The molecule has 162 valence electrons. The Morgan fingerprint density at radius 1 is 1.20 bits per heavy atom. The van der Waals surface area contributed by atoms with Gasteiger partial charge in [-0.25, -0.2) is 9.97 Å². The third kappa shape index (κ3) is 4.36. The number of fused-ring (bicyclic) bond motifs is 1. The summed E-state index contributed by atoms with van der Waals surface area (Å²) in [6.07, 6.45) is 7.44. The summed E-state index contributed by atoms with van der Waals surface area (Å²) >= 11 is 0. The van der Waals surface area contributed by atoms with E-state index in [1.807, 2.05) is 31.5 Å². The molecule has 7 heteroatoms. The SMILES string of the molecule is CCCCc1c(C)nc(N)nc1N1C[C@H]2C[C@@H](Nc3ccccn3)[C@H](OC)C[C@H]2C1. The second-order valence-electron chi connectivity index (χ2n) is 8.71. The predicted octanol–water partition coefficient (Wildman–Crippen LogP) is 3.45. The first-order chi connectivity index (χ1) is 14.6. The molecule has 2 aromatic rings. The van der Waals surface area contributed by atoms with E-state index < -0.39 is 0 Å². The molecule has 1 saturated heterocycles. The minimum atomic E-state index is 0.185. The van der Waals surface area contributed by atoms with Crippen LogP contribution in [0, 0.1) is 18.8 Å². The molecule has 1 saturated carbocycles. The number of anilines is 3. The maximum absolute atomic E-state index is 6.04. The van der Waals surface area contributed by atoms with Crippen molar-refractivity contribution in [1.29, 1.82) is 0 Å². The molecule has 0 aromatic carbocycles. The van der Waals surface area contributed by atoms with Gasteiger partial charge in [-0.05, 0) is 56.6 Å². The van der Waals surface area contributed by atoms with Gasteiger partial charge < -0.3 is 20.7 Å².